The summed E-state index contributed by atoms with van der Waals surface area (Å²) in [4.78, 5) is 11.7. The summed E-state index contributed by atoms with van der Waals surface area (Å²) in [5.41, 5.74) is 3.21. The molecule has 2 rings (SSSR count). The van der Waals surface area contributed by atoms with Gasteiger partial charge in [-0.3, -0.25) is 9.48 Å². The molecule has 0 fully saturated rings. The number of esters is 1. The highest BCUT2D eigenvalue weighted by Gasteiger charge is 2.24. The normalized spacial score (nSPS) is 12.2. The van der Waals surface area contributed by atoms with Crippen LogP contribution in [0.4, 0.5) is 0 Å². The van der Waals surface area contributed by atoms with E-state index >= 15 is 0 Å². The van der Waals surface area contributed by atoms with E-state index in [-0.39, 0.29) is 29.3 Å². The molecule has 0 aliphatic rings. The lowest BCUT2D eigenvalue weighted by Crippen LogP contribution is -2.13. The number of hydrogen-bond acceptors (Lipinski definition) is 6. The minimum atomic E-state index is -0.397. The Balaban J connectivity index is 2.57. The Kier molecular flexibility index (Phi) is 8.60. The summed E-state index contributed by atoms with van der Waals surface area (Å²) in [7, 11) is 0. The highest BCUT2D eigenvalue weighted by Crippen LogP contribution is 2.34. The highest BCUT2D eigenvalue weighted by molar-refractivity contribution is 7.99. The van der Waals surface area contributed by atoms with Crippen molar-refractivity contribution >= 4 is 40.7 Å². The van der Waals surface area contributed by atoms with Crippen molar-refractivity contribution in [1.29, 1.82) is 5.26 Å². The first-order valence-corrected chi connectivity index (χ1v) is 11.7. The van der Waals surface area contributed by atoms with Crippen molar-refractivity contribution in [1.82, 2.24) is 9.78 Å². The summed E-state index contributed by atoms with van der Waals surface area (Å²) in [6.07, 6.45) is 1.81. The van der Waals surface area contributed by atoms with Crippen LogP contribution >= 0.6 is 23.4 Å². The SMILES string of the molecule is CCn1nc(C)c(Cl)c1/C(OCOC(=O)CSC)=C(\C#N)c1ccc(C(C)(C)C)cc1. The highest BCUT2D eigenvalue weighted by atomic mass is 35.5. The summed E-state index contributed by atoms with van der Waals surface area (Å²) < 4.78 is 12.7. The first-order chi connectivity index (χ1) is 14.6. The van der Waals surface area contributed by atoms with E-state index in [1.807, 2.05) is 37.4 Å². The number of nitrogens with zero attached hydrogens (tertiary/aromatic N) is 3. The lowest BCUT2D eigenvalue weighted by Gasteiger charge is -2.19. The van der Waals surface area contributed by atoms with Crippen LogP contribution in [0.25, 0.3) is 11.3 Å². The molecule has 1 heterocycles. The molecule has 0 unspecified atom stereocenters. The van der Waals surface area contributed by atoms with Gasteiger partial charge in [-0.25, -0.2) is 0 Å². The maximum Gasteiger partial charge on any atom is 0.318 e. The van der Waals surface area contributed by atoms with Crippen molar-refractivity contribution < 1.29 is 14.3 Å². The fraction of sp³-hybridized carbons (Fsp3) is 0.435. The van der Waals surface area contributed by atoms with Crippen molar-refractivity contribution in [3.8, 4) is 6.07 Å². The molecule has 0 aliphatic carbocycles. The predicted molar refractivity (Wildman–Crippen MR) is 126 cm³/mol. The van der Waals surface area contributed by atoms with Gasteiger partial charge in [-0.05, 0) is 36.6 Å². The van der Waals surface area contributed by atoms with Gasteiger partial charge in [-0.2, -0.15) is 22.1 Å². The molecule has 0 bridgehead atoms. The van der Waals surface area contributed by atoms with Gasteiger partial charge >= 0.3 is 5.97 Å². The van der Waals surface area contributed by atoms with Gasteiger partial charge in [0, 0.05) is 6.54 Å². The molecule has 0 atom stereocenters. The number of allylic oxidation sites excluding steroid dienone is 1. The third-order valence-electron chi connectivity index (χ3n) is 4.63. The van der Waals surface area contributed by atoms with Crippen LogP contribution in [0.3, 0.4) is 0 Å². The molecule has 1 aromatic carbocycles. The van der Waals surface area contributed by atoms with Gasteiger partial charge in [0.2, 0.25) is 6.79 Å². The zero-order valence-corrected chi connectivity index (χ0v) is 20.4. The van der Waals surface area contributed by atoms with Crippen LogP contribution in [0.1, 0.15) is 50.2 Å². The van der Waals surface area contributed by atoms with Crippen molar-refractivity contribution in [3.05, 3.63) is 51.8 Å². The Morgan fingerprint density at radius 3 is 2.42 bits per heavy atom. The monoisotopic (exact) mass is 461 g/mol. The average molecular weight is 462 g/mol. The molecular weight excluding hydrogens is 434 g/mol. The van der Waals surface area contributed by atoms with Crippen molar-refractivity contribution in [2.45, 2.75) is 46.6 Å². The number of thioether (sulfide) groups is 1. The zero-order chi connectivity index (χ0) is 23.2. The molecule has 0 spiro atoms. The minimum absolute atomic E-state index is 0.0128. The van der Waals surface area contributed by atoms with Crippen LogP contribution in [0.2, 0.25) is 5.02 Å². The molecule has 0 amide bonds. The molecule has 0 N–H and O–H groups in total. The second-order valence-electron chi connectivity index (χ2n) is 7.92. The summed E-state index contributed by atoms with van der Waals surface area (Å²) in [5, 5.41) is 14.8. The molecule has 0 saturated carbocycles. The quantitative estimate of drug-likeness (QED) is 0.225. The van der Waals surface area contributed by atoms with Gasteiger partial charge in [0.15, 0.2) is 5.76 Å². The number of halogens is 1. The third-order valence-corrected chi connectivity index (χ3v) is 5.61. The average Bonchev–Trinajstić information content (AvgIpc) is 3.01. The number of carbonyl (C=O) groups excluding carboxylic acids is 1. The molecule has 31 heavy (non-hydrogen) atoms. The van der Waals surface area contributed by atoms with Crippen LogP contribution in [0.15, 0.2) is 24.3 Å². The molecule has 0 aliphatic heterocycles. The molecule has 2 aromatic rings. The molecule has 1 aromatic heterocycles. The summed E-state index contributed by atoms with van der Waals surface area (Å²) in [6, 6.07) is 9.99. The zero-order valence-electron chi connectivity index (χ0n) is 18.8. The van der Waals surface area contributed by atoms with Crippen molar-refractivity contribution in [3.63, 3.8) is 0 Å². The molecule has 8 heteroatoms. The van der Waals surface area contributed by atoms with Crippen LogP contribution in [0, 0.1) is 18.3 Å². The van der Waals surface area contributed by atoms with Gasteiger partial charge in [-0.15, -0.1) is 0 Å². The Bertz CT molecular complexity index is 999. The summed E-state index contributed by atoms with van der Waals surface area (Å²) >= 11 is 7.89. The smallest absolute Gasteiger partial charge is 0.318 e. The third kappa shape index (κ3) is 6.05. The first kappa shape index (κ1) is 24.8. The van der Waals surface area contributed by atoms with Crippen molar-refractivity contribution in [2.75, 3.05) is 18.8 Å². The van der Waals surface area contributed by atoms with E-state index in [0.717, 1.165) is 5.56 Å². The van der Waals surface area contributed by atoms with Gasteiger partial charge in [-0.1, -0.05) is 56.6 Å². The van der Waals surface area contributed by atoms with Gasteiger partial charge in [0.25, 0.3) is 0 Å². The lowest BCUT2D eigenvalue weighted by atomic mass is 9.86. The Labute approximate surface area is 193 Å². The Morgan fingerprint density at radius 1 is 1.26 bits per heavy atom. The van der Waals surface area contributed by atoms with Gasteiger partial charge in [0.05, 0.1) is 16.5 Å². The standard InChI is InChI=1S/C23H28ClN3O3S/c1-7-27-21(20(24)15(2)26-27)22(30-14-29-19(28)13-31-6)18(12-25)16-8-10-17(11-9-16)23(3,4)5/h8-11H,7,13-14H2,1-6H3/b22-18-. The van der Waals surface area contributed by atoms with Crippen LogP contribution in [0.5, 0.6) is 0 Å². The maximum absolute atomic E-state index is 11.7. The van der Waals surface area contributed by atoms with E-state index in [0.29, 0.717) is 28.5 Å². The molecular formula is C23H28ClN3O3S. The molecule has 0 radical (unpaired) electrons. The molecule has 166 valence electrons. The van der Waals surface area contributed by atoms with Gasteiger partial charge in [0.1, 0.15) is 17.3 Å². The van der Waals surface area contributed by atoms with Gasteiger partial charge < -0.3 is 9.47 Å². The van der Waals surface area contributed by atoms with E-state index in [2.05, 4.69) is 31.9 Å². The predicted octanol–water partition coefficient (Wildman–Crippen LogP) is 5.43. The number of hydrogen-bond donors (Lipinski definition) is 0. The van der Waals surface area contributed by atoms with E-state index in [1.165, 1.54) is 11.8 Å². The number of rotatable bonds is 8. The fourth-order valence-corrected chi connectivity index (χ4v) is 3.50. The number of ether oxygens (including phenoxy) is 2. The first-order valence-electron chi connectivity index (χ1n) is 9.89. The summed E-state index contributed by atoms with van der Waals surface area (Å²) in [5.74, 6) is 0.0516. The number of aryl methyl sites for hydroxylation is 2. The van der Waals surface area contributed by atoms with Crippen molar-refractivity contribution in [2.24, 2.45) is 0 Å². The van der Waals surface area contributed by atoms with Crippen LogP contribution < -0.4 is 0 Å². The second kappa shape index (κ2) is 10.7. The topological polar surface area (TPSA) is 77.1 Å². The number of nitriles is 1. The lowest BCUT2D eigenvalue weighted by molar-refractivity contribution is -0.148. The summed E-state index contributed by atoms with van der Waals surface area (Å²) in [6.45, 7) is 10.3. The maximum atomic E-state index is 11.7. The number of carbonyl (C=O) groups is 1. The molecule has 0 saturated heterocycles. The van der Waals surface area contributed by atoms with Crippen LogP contribution in [-0.4, -0.2) is 34.6 Å². The number of benzene rings is 1. The Morgan fingerprint density at radius 2 is 1.90 bits per heavy atom. The largest absolute Gasteiger partial charge is 0.454 e. The minimum Gasteiger partial charge on any atom is -0.454 e. The van der Waals surface area contributed by atoms with E-state index < -0.39 is 5.97 Å². The second-order valence-corrected chi connectivity index (χ2v) is 9.16. The fourth-order valence-electron chi connectivity index (χ4n) is 2.96. The molecule has 6 nitrogen and oxygen atoms in total. The van der Waals surface area contributed by atoms with Crippen LogP contribution in [-0.2, 0) is 26.2 Å². The van der Waals surface area contributed by atoms with E-state index in [4.69, 9.17) is 21.1 Å². The Hall–Kier alpha value is -2.43. The number of aromatic nitrogens is 2. The van der Waals surface area contributed by atoms with E-state index in [9.17, 15) is 10.1 Å². The van der Waals surface area contributed by atoms with E-state index in [1.54, 1.807) is 11.6 Å².